The molecule has 0 spiro atoms. The number of halogens is 2. The molecule has 23 N–H and O–H groups in total. The number of hydrogen-bond donors (Lipinski definition) is 16. The summed E-state index contributed by atoms with van der Waals surface area (Å²) in [5, 5.41) is 91.0. The van der Waals surface area contributed by atoms with Gasteiger partial charge >= 0.3 is 41.5 Å². The van der Waals surface area contributed by atoms with Crippen molar-refractivity contribution in [2.75, 3.05) is 66.6 Å². The third-order valence-corrected chi connectivity index (χ3v) is 10.3. The number of methoxy groups -OCH3 is 2. The molecule has 12 atom stereocenters. The molecule has 31 heteroatoms. The molecule has 0 aromatic heterocycles. The number of aliphatic hydroxyl groups is 8. The Kier molecular flexibility index (Phi) is 65.8. The van der Waals surface area contributed by atoms with Crippen LogP contribution in [0.1, 0.15) is 81.1 Å². The fourth-order valence-electron chi connectivity index (χ4n) is 3.98. The predicted molar refractivity (Wildman–Crippen MR) is 249 cm³/mol. The normalized spacial score (nSPS) is 14.7. The number of carbonyl (C=O) groups is 8. The van der Waals surface area contributed by atoms with Gasteiger partial charge in [0.15, 0.2) is 24.4 Å². The molecule has 28 nitrogen and oxygen atoms in total. The zero-order valence-corrected chi connectivity index (χ0v) is 47.7. The van der Waals surface area contributed by atoms with Crippen molar-refractivity contribution in [2.45, 2.75) is 130 Å². The third kappa shape index (κ3) is 44.8. The fourth-order valence-corrected chi connectivity index (χ4v) is 3.98. The van der Waals surface area contributed by atoms with E-state index in [4.69, 9.17) is 0 Å². The predicted octanol–water partition coefficient (Wildman–Crippen LogP) is -17.4. The van der Waals surface area contributed by atoms with E-state index in [-0.39, 0.29) is 77.2 Å². The summed E-state index contributed by atoms with van der Waals surface area (Å²) in [4.78, 5) is 91.8. The van der Waals surface area contributed by atoms with Gasteiger partial charge in [-0.05, 0) is 24.7 Å². The summed E-state index contributed by atoms with van der Waals surface area (Å²) in [7, 11) is 2.12. The van der Waals surface area contributed by atoms with Gasteiger partial charge < -0.3 is 129 Å². The number of esters is 2. The molecule has 0 saturated carbocycles. The van der Waals surface area contributed by atoms with Gasteiger partial charge in [0.05, 0.1) is 40.4 Å². The van der Waals surface area contributed by atoms with Crippen LogP contribution in [0.5, 0.6) is 0 Å². The van der Waals surface area contributed by atoms with Crippen molar-refractivity contribution >= 4 is 47.4 Å². The van der Waals surface area contributed by atoms with Gasteiger partial charge in [-0.25, -0.2) is 0 Å². The number of quaternary nitrogens is 2. The molecule has 432 valence electrons. The van der Waals surface area contributed by atoms with Crippen LogP contribution in [0, 0.1) is 23.7 Å². The Morgan fingerprint density at radius 3 is 0.795 bits per heavy atom. The van der Waals surface area contributed by atoms with Crippen LogP contribution in [-0.4, -0.2) is 215 Å². The van der Waals surface area contributed by atoms with Gasteiger partial charge in [0, 0.05) is 24.9 Å². The molecule has 0 aliphatic rings. The van der Waals surface area contributed by atoms with E-state index in [1.54, 1.807) is 0 Å². The second-order valence-electron chi connectivity index (χ2n) is 16.0. The SMILES string of the molecule is CCC(C)CNC(=O)CNC(=O)[C@@H](O)[C@@H](O)[C@H](O)[C@@H](O)C(=O)NCC(=O)NCC(C)CC.CCC(C)C[NH3+].CCC(C)C[NH3+].COC(=O)CNC(=O)[C@@H](O)[C@@H](O)[C@H](O)[C@@H](O)C(=O)NCC(=O)OC.O.[Cl-].[Cl-].[Na+].[OH-]. The quantitative estimate of drug-likeness (QED) is 0.0255. The van der Waals surface area contributed by atoms with Crippen molar-refractivity contribution in [3.63, 3.8) is 0 Å². The van der Waals surface area contributed by atoms with Gasteiger partial charge in [-0.1, -0.05) is 68.2 Å². The maximum Gasteiger partial charge on any atom is 1.00 e. The second kappa shape index (κ2) is 53.7. The summed E-state index contributed by atoms with van der Waals surface area (Å²) in [6, 6.07) is 0. The Morgan fingerprint density at radius 2 is 0.630 bits per heavy atom. The van der Waals surface area contributed by atoms with E-state index >= 15 is 0 Å². The number of nitrogens with one attached hydrogen (secondary N) is 6. The molecule has 6 amide bonds. The van der Waals surface area contributed by atoms with Gasteiger partial charge in [0.1, 0.15) is 37.5 Å². The minimum Gasteiger partial charge on any atom is -1.00 e. The number of rotatable bonds is 28. The molecule has 0 bridgehead atoms. The summed E-state index contributed by atoms with van der Waals surface area (Å²) >= 11 is 0. The van der Waals surface area contributed by atoms with Gasteiger partial charge in [-0.2, -0.15) is 0 Å². The van der Waals surface area contributed by atoms with E-state index in [0.29, 0.717) is 13.1 Å². The van der Waals surface area contributed by atoms with Crippen molar-refractivity contribution in [3.8, 4) is 0 Å². The zero-order valence-electron chi connectivity index (χ0n) is 44.2. The Hall–Kier alpha value is -3.14. The van der Waals surface area contributed by atoms with E-state index in [0.717, 1.165) is 52.0 Å². The third-order valence-electron chi connectivity index (χ3n) is 10.3. The Labute approximate surface area is 462 Å². The smallest absolute Gasteiger partial charge is 1.00 e. The summed E-state index contributed by atoms with van der Waals surface area (Å²) in [6.07, 6.45) is -13.6. The zero-order chi connectivity index (χ0) is 53.7. The van der Waals surface area contributed by atoms with Crippen molar-refractivity contribution < 1.29 is 165 Å². The Balaban J connectivity index is -0.000000126. The fraction of sp³-hybridized carbons (Fsp3) is 0.810. The van der Waals surface area contributed by atoms with Gasteiger partial charge in [0.25, 0.3) is 23.6 Å². The monoisotopic (exact) mass is 1120 g/mol. The Bertz CT molecular complexity index is 1360. The molecule has 0 aliphatic carbocycles. The van der Waals surface area contributed by atoms with Crippen molar-refractivity contribution in [1.82, 2.24) is 31.9 Å². The van der Waals surface area contributed by atoms with E-state index in [1.807, 2.05) is 38.3 Å². The largest absolute Gasteiger partial charge is 1.00 e. The minimum absolute atomic E-state index is 0. The molecule has 0 aromatic rings. The average Bonchev–Trinajstić information content (AvgIpc) is 3.36. The minimum atomic E-state index is -2.25. The summed E-state index contributed by atoms with van der Waals surface area (Å²) in [5.41, 5.74) is 7.51. The van der Waals surface area contributed by atoms with E-state index in [9.17, 15) is 79.2 Å². The number of hydrogen-bond acceptors (Lipinski definition) is 19. The van der Waals surface area contributed by atoms with Crippen LogP contribution in [0.15, 0.2) is 0 Å². The molecule has 0 radical (unpaired) electrons. The molecule has 73 heavy (non-hydrogen) atoms. The first-order chi connectivity index (χ1) is 31.7. The maximum absolute atomic E-state index is 11.9. The topological polar surface area (TPSA) is 506 Å². The number of carbonyl (C=O) groups excluding carboxylic acids is 8. The van der Waals surface area contributed by atoms with Crippen molar-refractivity contribution in [3.05, 3.63) is 0 Å². The first-order valence-electron chi connectivity index (χ1n) is 22.5. The molecule has 0 heterocycles. The van der Waals surface area contributed by atoms with Gasteiger partial charge in [-0.15, -0.1) is 0 Å². The van der Waals surface area contributed by atoms with Crippen molar-refractivity contribution in [2.24, 2.45) is 23.7 Å². The molecule has 0 aliphatic heterocycles. The van der Waals surface area contributed by atoms with E-state index in [1.165, 1.54) is 12.8 Å². The second-order valence-corrected chi connectivity index (χ2v) is 16.0. The van der Waals surface area contributed by atoms with E-state index < -0.39 is 122 Å². The number of ether oxygens (including phenoxy) is 2. The molecule has 4 unspecified atom stereocenters. The van der Waals surface area contributed by atoms with Crippen LogP contribution in [0.25, 0.3) is 0 Å². The number of aliphatic hydroxyl groups excluding tert-OH is 8. The van der Waals surface area contributed by atoms with E-state index in [2.05, 4.69) is 69.9 Å². The van der Waals surface area contributed by atoms with Crippen LogP contribution in [0.3, 0.4) is 0 Å². The molecule has 0 rings (SSSR count). The molecular formula is C42H89Cl2N8NaO20. The van der Waals surface area contributed by atoms with Gasteiger partial charge in [0.2, 0.25) is 11.8 Å². The molecular weight excluding hydrogens is 1030 g/mol. The van der Waals surface area contributed by atoms with Crippen LogP contribution in [0.4, 0.5) is 0 Å². The first-order valence-corrected chi connectivity index (χ1v) is 22.5. The summed E-state index contributed by atoms with van der Waals surface area (Å²) in [6.45, 7) is 17.4. The number of amides is 6. The summed E-state index contributed by atoms with van der Waals surface area (Å²) < 4.78 is 8.47. The first kappa shape index (κ1) is 89.4. The van der Waals surface area contributed by atoms with Crippen LogP contribution >= 0.6 is 0 Å². The average molecular weight is 1120 g/mol. The van der Waals surface area contributed by atoms with Crippen LogP contribution in [-0.2, 0) is 47.8 Å². The molecule has 0 fully saturated rings. The Morgan fingerprint density at radius 1 is 0.425 bits per heavy atom. The van der Waals surface area contributed by atoms with Gasteiger partial charge in [-0.3, -0.25) is 38.4 Å². The maximum atomic E-state index is 11.9. The molecule has 0 aromatic carbocycles. The standard InChI is InChI=1S/C20H38N4O8.C12H20N2O10.2C5H13N.2ClH.Na.2H2O/c1-5-11(3)7-21-13(25)9-23-19(31)17(29)15(27)16(28)18(30)20(32)24-10-14(26)22-8-12(4)6-2;1-23-5(15)3-13-11(21)9(19)7(17)8(18)10(20)12(22)14-4-6(16)24-2;2*1-3-5(2)4-6;;;;;/h11-12,15-18,27-30H,5-10H2,1-4H3,(H,21,25)(H,22,26)(H,23,31)(H,24,32);7-10,17-20H,3-4H2,1-2H3,(H,13,21)(H,14,22);2*5H,3-4,6H2,1-2H3;2*1H;;2*1H2/q;;;;;;+1;;/p-1/t11?,12?,15-,16-,17-,18+;7-,8-,9-,10+;;;;;;;/m00......./s1. The van der Waals surface area contributed by atoms with Crippen LogP contribution in [0.2, 0.25) is 0 Å². The summed E-state index contributed by atoms with van der Waals surface area (Å²) in [5.74, 6) is -5.36. The van der Waals surface area contributed by atoms with Crippen LogP contribution < -0.4 is 97.7 Å². The van der Waals surface area contributed by atoms with Crippen molar-refractivity contribution in [1.29, 1.82) is 0 Å². The molecule has 0 saturated heterocycles.